The lowest BCUT2D eigenvalue weighted by Gasteiger charge is -2.38. The first kappa shape index (κ1) is 22.9. The van der Waals surface area contributed by atoms with E-state index in [4.69, 9.17) is 4.74 Å². The van der Waals surface area contributed by atoms with Crippen molar-refractivity contribution in [2.75, 3.05) is 19.6 Å². The third-order valence-electron chi connectivity index (χ3n) is 7.57. The summed E-state index contributed by atoms with van der Waals surface area (Å²) in [5.41, 5.74) is 2.77. The van der Waals surface area contributed by atoms with Gasteiger partial charge < -0.3 is 14.5 Å². The molecule has 34 heavy (non-hydrogen) atoms. The number of halogens is 1. The molecule has 1 saturated carbocycles. The van der Waals surface area contributed by atoms with Crippen LogP contribution in [0, 0.1) is 17.2 Å². The number of hydrogen-bond donors (Lipinski definition) is 0. The van der Waals surface area contributed by atoms with Crippen LogP contribution < -0.4 is 0 Å². The van der Waals surface area contributed by atoms with Crippen molar-refractivity contribution in [3.8, 4) is 0 Å². The molecule has 1 unspecified atom stereocenters. The molecule has 0 bridgehead atoms. The van der Waals surface area contributed by atoms with E-state index in [0.717, 1.165) is 30.4 Å². The van der Waals surface area contributed by atoms with E-state index in [1.807, 2.05) is 37.8 Å². The summed E-state index contributed by atoms with van der Waals surface area (Å²) in [5.74, 6) is -0.0423. The molecular weight excluding hydrogens is 431 g/mol. The van der Waals surface area contributed by atoms with E-state index in [1.54, 1.807) is 17.0 Å². The summed E-state index contributed by atoms with van der Waals surface area (Å²) in [5, 5.41) is 0. The molecule has 3 aliphatic rings. The van der Waals surface area contributed by atoms with Gasteiger partial charge in [-0.1, -0.05) is 36.4 Å². The van der Waals surface area contributed by atoms with Gasteiger partial charge in [0.15, 0.2) is 0 Å². The predicted molar refractivity (Wildman–Crippen MR) is 128 cm³/mol. The fourth-order valence-electron chi connectivity index (χ4n) is 5.67. The van der Waals surface area contributed by atoms with Crippen LogP contribution in [-0.4, -0.2) is 47.0 Å². The molecule has 0 N–H and O–H groups in total. The summed E-state index contributed by atoms with van der Waals surface area (Å²) in [6, 6.07) is 14.5. The Labute approximate surface area is 200 Å². The van der Waals surface area contributed by atoms with Crippen LogP contribution in [0.15, 0.2) is 48.5 Å². The highest BCUT2D eigenvalue weighted by Crippen LogP contribution is 2.57. The summed E-state index contributed by atoms with van der Waals surface area (Å²) in [6.45, 7) is 7.49. The maximum atomic E-state index is 13.8. The lowest BCUT2D eigenvalue weighted by atomic mass is 9.86. The predicted octanol–water partition coefficient (Wildman–Crippen LogP) is 5.34. The van der Waals surface area contributed by atoms with E-state index in [1.165, 1.54) is 17.7 Å². The highest BCUT2D eigenvalue weighted by atomic mass is 19.1. The summed E-state index contributed by atoms with van der Waals surface area (Å²) < 4.78 is 19.2. The molecule has 2 heterocycles. The number of fused-ring (bicyclic) bond motifs is 1. The van der Waals surface area contributed by atoms with E-state index in [2.05, 4.69) is 12.1 Å². The number of hydrogen-bond acceptors (Lipinski definition) is 3. The molecule has 180 valence electrons. The molecule has 1 aliphatic carbocycles. The molecule has 2 aromatic rings. The van der Waals surface area contributed by atoms with E-state index in [-0.39, 0.29) is 35.2 Å². The SMILES string of the molecule is CC(C)(C)OC(=O)N1CC(CC(=O)N2CCc3ccccc3[C@@H]2c2ccc(F)cc2)C2(CC2)C1. The van der Waals surface area contributed by atoms with Crippen molar-refractivity contribution >= 4 is 12.0 Å². The number of nitrogens with zero attached hydrogens (tertiary/aromatic N) is 2. The number of rotatable bonds is 3. The fraction of sp³-hybridized carbons (Fsp3) is 0.500. The van der Waals surface area contributed by atoms with Crippen molar-refractivity contribution < 1.29 is 18.7 Å². The molecule has 0 aromatic heterocycles. The molecule has 2 amide bonds. The topological polar surface area (TPSA) is 49.9 Å². The molecule has 2 aromatic carbocycles. The summed E-state index contributed by atoms with van der Waals surface area (Å²) in [6.07, 6.45) is 3.03. The largest absolute Gasteiger partial charge is 0.444 e. The van der Waals surface area contributed by atoms with Crippen molar-refractivity contribution in [2.45, 2.75) is 58.1 Å². The Kier molecular flexibility index (Phi) is 5.65. The highest BCUT2D eigenvalue weighted by Gasteiger charge is 2.57. The van der Waals surface area contributed by atoms with Crippen LogP contribution in [0.25, 0.3) is 0 Å². The molecule has 0 radical (unpaired) electrons. The van der Waals surface area contributed by atoms with Crippen molar-refractivity contribution in [3.05, 3.63) is 71.0 Å². The maximum Gasteiger partial charge on any atom is 0.410 e. The van der Waals surface area contributed by atoms with Crippen LogP contribution in [-0.2, 0) is 16.0 Å². The Morgan fingerprint density at radius 3 is 2.47 bits per heavy atom. The molecule has 1 spiro atoms. The Bertz CT molecular complexity index is 1090. The second kappa shape index (κ2) is 8.40. The molecule has 1 saturated heterocycles. The smallest absolute Gasteiger partial charge is 0.410 e. The third-order valence-corrected chi connectivity index (χ3v) is 7.57. The van der Waals surface area contributed by atoms with Crippen LogP contribution in [0.1, 0.15) is 62.8 Å². The van der Waals surface area contributed by atoms with E-state index in [0.29, 0.717) is 26.1 Å². The van der Waals surface area contributed by atoms with Crippen LogP contribution in [0.2, 0.25) is 0 Å². The van der Waals surface area contributed by atoms with Crippen molar-refractivity contribution in [1.82, 2.24) is 9.80 Å². The number of carbonyl (C=O) groups is 2. The molecule has 5 nitrogen and oxygen atoms in total. The summed E-state index contributed by atoms with van der Waals surface area (Å²) in [4.78, 5) is 30.2. The van der Waals surface area contributed by atoms with Gasteiger partial charge in [0.05, 0.1) is 6.04 Å². The minimum absolute atomic E-state index is 0.0473. The third kappa shape index (κ3) is 4.42. The summed E-state index contributed by atoms with van der Waals surface area (Å²) in [7, 11) is 0. The van der Waals surface area contributed by atoms with Crippen molar-refractivity contribution in [2.24, 2.45) is 11.3 Å². The number of benzene rings is 2. The van der Waals surface area contributed by atoms with Crippen LogP contribution >= 0.6 is 0 Å². The molecule has 6 heteroatoms. The molecule has 2 aliphatic heterocycles. The number of likely N-dealkylation sites (tertiary alicyclic amines) is 1. The van der Waals surface area contributed by atoms with E-state index < -0.39 is 5.60 Å². The van der Waals surface area contributed by atoms with Crippen LogP contribution in [0.3, 0.4) is 0 Å². The monoisotopic (exact) mass is 464 g/mol. The number of carbonyl (C=O) groups excluding carboxylic acids is 2. The Balaban J connectivity index is 1.36. The van der Waals surface area contributed by atoms with Gasteiger partial charge in [0, 0.05) is 26.1 Å². The molecule has 2 atom stereocenters. The van der Waals surface area contributed by atoms with Crippen molar-refractivity contribution in [1.29, 1.82) is 0 Å². The quantitative estimate of drug-likeness (QED) is 0.616. The summed E-state index contributed by atoms with van der Waals surface area (Å²) >= 11 is 0. The van der Waals surface area contributed by atoms with Gasteiger partial charge in [-0.2, -0.15) is 0 Å². The van der Waals surface area contributed by atoms with Gasteiger partial charge in [0.2, 0.25) is 5.91 Å². The van der Waals surface area contributed by atoms with Gasteiger partial charge in [-0.3, -0.25) is 4.79 Å². The lowest BCUT2D eigenvalue weighted by molar-refractivity contribution is -0.134. The normalized spacial score (nSPS) is 23.1. The lowest BCUT2D eigenvalue weighted by Crippen LogP contribution is -2.42. The number of ether oxygens (including phenoxy) is 1. The highest BCUT2D eigenvalue weighted by molar-refractivity contribution is 5.79. The molecule has 5 rings (SSSR count). The van der Waals surface area contributed by atoms with Gasteiger partial charge in [0.25, 0.3) is 0 Å². The van der Waals surface area contributed by atoms with Crippen LogP contribution in [0.4, 0.5) is 9.18 Å². The van der Waals surface area contributed by atoms with E-state index in [9.17, 15) is 14.0 Å². The Morgan fingerprint density at radius 2 is 1.79 bits per heavy atom. The average molecular weight is 465 g/mol. The minimum Gasteiger partial charge on any atom is -0.444 e. The van der Waals surface area contributed by atoms with Crippen LogP contribution in [0.5, 0.6) is 0 Å². The van der Waals surface area contributed by atoms with Gasteiger partial charge in [-0.05, 0) is 80.2 Å². The molecule has 2 fully saturated rings. The standard InChI is InChI=1S/C28H33FN2O3/c1-27(2,3)34-26(33)30-17-21(28(18-30)13-14-28)16-24(32)31-15-12-19-6-4-5-7-23(19)25(31)20-8-10-22(29)11-9-20/h4-11,21,25H,12-18H2,1-3H3/t21?,25-/m0/s1. The molecular formula is C28H33FN2O3. The van der Waals surface area contributed by atoms with Gasteiger partial charge in [0.1, 0.15) is 11.4 Å². The van der Waals surface area contributed by atoms with Gasteiger partial charge in [-0.15, -0.1) is 0 Å². The fourth-order valence-corrected chi connectivity index (χ4v) is 5.67. The zero-order chi connectivity index (χ0) is 24.1. The Morgan fingerprint density at radius 1 is 1.09 bits per heavy atom. The van der Waals surface area contributed by atoms with Crippen molar-refractivity contribution in [3.63, 3.8) is 0 Å². The first-order valence-electron chi connectivity index (χ1n) is 12.3. The van der Waals surface area contributed by atoms with Gasteiger partial charge in [-0.25, -0.2) is 9.18 Å². The second-order valence-corrected chi connectivity index (χ2v) is 11.1. The van der Waals surface area contributed by atoms with E-state index >= 15 is 0 Å². The average Bonchev–Trinajstić information content (AvgIpc) is 3.48. The minimum atomic E-state index is -0.536. The zero-order valence-corrected chi connectivity index (χ0v) is 20.2. The van der Waals surface area contributed by atoms with Gasteiger partial charge >= 0.3 is 6.09 Å². The zero-order valence-electron chi connectivity index (χ0n) is 20.2. The Hall–Kier alpha value is -2.89. The second-order valence-electron chi connectivity index (χ2n) is 11.1. The first-order chi connectivity index (χ1) is 16.2. The maximum absolute atomic E-state index is 13.8. The number of amides is 2. The first-order valence-corrected chi connectivity index (χ1v) is 12.3.